The van der Waals surface area contributed by atoms with E-state index in [1.807, 2.05) is 18.2 Å². The zero-order valence-electron chi connectivity index (χ0n) is 15.0. The fourth-order valence-corrected chi connectivity index (χ4v) is 2.99. The van der Waals surface area contributed by atoms with Crippen LogP contribution in [0.25, 0.3) is 0 Å². The monoisotopic (exact) mass is 388 g/mol. The zero-order chi connectivity index (χ0) is 19.2. The molecule has 142 valence electrons. The number of rotatable bonds is 6. The van der Waals surface area contributed by atoms with E-state index in [2.05, 4.69) is 20.4 Å². The van der Waals surface area contributed by atoms with Crippen molar-refractivity contribution in [3.63, 3.8) is 0 Å². The minimum absolute atomic E-state index is 0.0729. The number of hydrogen-bond acceptors (Lipinski definition) is 6. The maximum atomic E-state index is 12.2. The van der Waals surface area contributed by atoms with Gasteiger partial charge in [-0.05, 0) is 43.5 Å². The molecule has 2 heterocycles. The lowest BCUT2D eigenvalue weighted by molar-refractivity contribution is -0.129. The van der Waals surface area contributed by atoms with Gasteiger partial charge in [-0.25, -0.2) is 4.79 Å². The van der Waals surface area contributed by atoms with E-state index in [-0.39, 0.29) is 12.2 Å². The van der Waals surface area contributed by atoms with Gasteiger partial charge in [0.15, 0.2) is 17.6 Å². The molecule has 0 saturated carbocycles. The average molecular weight is 389 g/mol. The number of anilines is 1. The molecule has 1 saturated heterocycles. The van der Waals surface area contributed by atoms with Crippen LogP contribution >= 0.6 is 11.6 Å². The van der Waals surface area contributed by atoms with Crippen molar-refractivity contribution in [3.05, 3.63) is 52.7 Å². The highest BCUT2D eigenvalue weighted by molar-refractivity contribution is 6.31. The summed E-state index contributed by atoms with van der Waals surface area (Å²) in [5.41, 5.74) is 0.859. The third-order valence-electron chi connectivity index (χ3n) is 4.35. The number of amides is 1. The van der Waals surface area contributed by atoms with Crippen LogP contribution in [-0.4, -0.2) is 41.3 Å². The van der Waals surface area contributed by atoms with Crippen molar-refractivity contribution < 1.29 is 14.3 Å². The van der Waals surface area contributed by atoms with Gasteiger partial charge in [0.05, 0.1) is 0 Å². The summed E-state index contributed by atoms with van der Waals surface area (Å²) in [6, 6.07) is 10.5. The van der Waals surface area contributed by atoms with Gasteiger partial charge in [-0.2, -0.15) is 0 Å². The first kappa shape index (κ1) is 19.1. The molecular formula is C19H21ClN4O3. The van der Waals surface area contributed by atoms with Crippen molar-refractivity contribution in [2.45, 2.75) is 32.4 Å². The van der Waals surface area contributed by atoms with Crippen LogP contribution < -0.4 is 10.2 Å². The standard InChI is InChI=1S/C19H21ClN4O3/c1-13(18(25)21-12-14-6-2-3-7-15(14)20)27-19(26)16-8-9-17(23-22-16)24-10-4-5-11-24/h2-3,6-9,13H,4-5,10-12H2,1H3,(H,21,25). The Morgan fingerprint density at radius 1 is 1.19 bits per heavy atom. The summed E-state index contributed by atoms with van der Waals surface area (Å²) in [6.07, 6.45) is 1.30. The Hall–Kier alpha value is -2.67. The van der Waals surface area contributed by atoms with E-state index in [1.54, 1.807) is 18.2 Å². The smallest absolute Gasteiger partial charge is 0.359 e. The van der Waals surface area contributed by atoms with Gasteiger partial charge in [0.25, 0.3) is 5.91 Å². The molecule has 1 unspecified atom stereocenters. The Bertz CT molecular complexity index is 807. The predicted molar refractivity (Wildman–Crippen MR) is 102 cm³/mol. The molecule has 0 spiro atoms. The number of carbonyl (C=O) groups excluding carboxylic acids is 2. The largest absolute Gasteiger partial charge is 0.448 e. The number of nitrogens with one attached hydrogen (secondary N) is 1. The maximum absolute atomic E-state index is 12.2. The highest BCUT2D eigenvalue weighted by Crippen LogP contribution is 2.17. The van der Waals surface area contributed by atoms with Crippen LogP contribution in [0.3, 0.4) is 0 Å². The molecule has 1 fully saturated rings. The predicted octanol–water partition coefficient (Wildman–Crippen LogP) is 2.59. The first-order valence-electron chi connectivity index (χ1n) is 8.85. The summed E-state index contributed by atoms with van der Waals surface area (Å²) in [5, 5.41) is 11.3. The zero-order valence-corrected chi connectivity index (χ0v) is 15.8. The van der Waals surface area contributed by atoms with Gasteiger partial charge < -0.3 is 15.0 Å². The fourth-order valence-electron chi connectivity index (χ4n) is 2.79. The molecule has 1 N–H and O–H groups in total. The van der Waals surface area contributed by atoms with Gasteiger partial charge in [-0.3, -0.25) is 4.79 Å². The Morgan fingerprint density at radius 3 is 2.59 bits per heavy atom. The number of benzene rings is 1. The molecule has 1 aliphatic heterocycles. The first-order chi connectivity index (χ1) is 13.0. The third kappa shape index (κ3) is 4.95. The van der Waals surface area contributed by atoms with Crippen LogP contribution in [0.5, 0.6) is 0 Å². The molecule has 1 amide bonds. The molecule has 0 radical (unpaired) electrons. The van der Waals surface area contributed by atoms with Crippen molar-refractivity contribution in [3.8, 4) is 0 Å². The molecule has 3 rings (SSSR count). The van der Waals surface area contributed by atoms with E-state index in [9.17, 15) is 9.59 Å². The minimum atomic E-state index is -0.958. The normalized spacial score (nSPS) is 14.7. The summed E-state index contributed by atoms with van der Waals surface area (Å²) in [4.78, 5) is 26.4. The summed E-state index contributed by atoms with van der Waals surface area (Å²) in [5.74, 6) is -0.352. The molecule has 1 atom stereocenters. The quantitative estimate of drug-likeness (QED) is 0.766. The molecular weight excluding hydrogens is 368 g/mol. The molecule has 1 aromatic carbocycles. The van der Waals surface area contributed by atoms with Gasteiger partial charge in [-0.15, -0.1) is 10.2 Å². The molecule has 27 heavy (non-hydrogen) atoms. The number of aromatic nitrogens is 2. The van der Waals surface area contributed by atoms with E-state index in [0.717, 1.165) is 37.3 Å². The number of carbonyl (C=O) groups is 2. The minimum Gasteiger partial charge on any atom is -0.448 e. The topological polar surface area (TPSA) is 84.4 Å². The van der Waals surface area contributed by atoms with Crippen LogP contribution in [0.2, 0.25) is 5.02 Å². The van der Waals surface area contributed by atoms with Gasteiger partial charge >= 0.3 is 5.97 Å². The van der Waals surface area contributed by atoms with Crippen LogP contribution in [0.1, 0.15) is 35.8 Å². The van der Waals surface area contributed by atoms with Crippen LogP contribution in [0.4, 0.5) is 5.82 Å². The average Bonchev–Trinajstić information content (AvgIpc) is 3.22. The number of esters is 1. The number of nitrogens with zero attached hydrogens (tertiary/aromatic N) is 3. The molecule has 1 aliphatic rings. The Kier molecular flexibility index (Phi) is 6.24. The second-order valence-corrected chi connectivity index (χ2v) is 6.73. The highest BCUT2D eigenvalue weighted by Gasteiger charge is 2.21. The molecule has 1 aromatic heterocycles. The molecule has 0 bridgehead atoms. The van der Waals surface area contributed by atoms with Gasteiger partial charge in [0, 0.05) is 24.7 Å². The van der Waals surface area contributed by atoms with Crippen LogP contribution in [0.15, 0.2) is 36.4 Å². The number of hydrogen-bond donors (Lipinski definition) is 1. The summed E-state index contributed by atoms with van der Waals surface area (Å²) in [7, 11) is 0. The van der Waals surface area contributed by atoms with E-state index in [4.69, 9.17) is 16.3 Å². The second-order valence-electron chi connectivity index (χ2n) is 6.33. The molecule has 8 heteroatoms. The van der Waals surface area contributed by atoms with Gasteiger partial charge in [0.1, 0.15) is 0 Å². The first-order valence-corrected chi connectivity index (χ1v) is 9.23. The lowest BCUT2D eigenvalue weighted by Gasteiger charge is -2.16. The molecule has 7 nitrogen and oxygen atoms in total. The highest BCUT2D eigenvalue weighted by atomic mass is 35.5. The lowest BCUT2D eigenvalue weighted by Crippen LogP contribution is -2.35. The van der Waals surface area contributed by atoms with Gasteiger partial charge in [0.2, 0.25) is 0 Å². The summed E-state index contributed by atoms with van der Waals surface area (Å²) < 4.78 is 5.18. The van der Waals surface area contributed by atoms with E-state index < -0.39 is 18.0 Å². The maximum Gasteiger partial charge on any atom is 0.359 e. The molecule has 0 aliphatic carbocycles. The Balaban J connectivity index is 1.52. The molecule has 2 aromatic rings. The second kappa shape index (κ2) is 8.81. The third-order valence-corrected chi connectivity index (χ3v) is 4.72. The van der Waals surface area contributed by atoms with Crippen molar-refractivity contribution >= 4 is 29.3 Å². The van der Waals surface area contributed by atoms with Crippen molar-refractivity contribution in [2.75, 3.05) is 18.0 Å². The van der Waals surface area contributed by atoms with Crippen LogP contribution in [-0.2, 0) is 16.1 Å². The summed E-state index contributed by atoms with van der Waals surface area (Å²) >= 11 is 6.06. The fraction of sp³-hybridized carbons (Fsp3) is 0.368. The van der Waals surface area contributed by atoms with Crippen LogP contribution in [0, 0.1) is 0 Å². The Labute approximate surface area is 162 Å². The van der Waals surface area contributed by atoms with E-state index in [0.29, 0.717) is 5.02 Å². The van der Waals surface area contributed by atoms with Crippen molar-refractivity contribution in [1.29, 1.82) is 0 Å². The number of ether oxygens (including phenoxy) is 1. The lowest BCUT2D eigenvalue weighted by atomic mass is 10.2. The van der Waals surface area contributed by atoms with Crippen molar-refractivity contribution in [1.82, 2.24) is 15.5 Å². The van der Waals surface area contributed by atoms with Gasteiger partial charge in [-0.1, -0.05) is 29.8 Å². The SMILES string of the molecule is CC(OC(=O)c1ccc(N2CCCC2)nn1)C(=O)NCc1ccccc1Cl. The van der Waals surface area contributed by atoms with Crippen molar-refractivity contribution in [2.24, 2.45) is 0 Å². The van der Waals surface area contributed by atoms with E-state index >= 15 is 0 Å². The van der Waals surface area contributed by atoms with E-state index in [1.165, 1.54) is 6.92 Å². The summed E-state index contributed by atoms with van der Waals surface area (Å²) in [6.45, 7) is 3.65. The number of halogens is 1. The Morgan fingerprint density at radius 2 is 1.93 bits per heavy atom.